The van der Waals surface area contributed by atoms with Gasteiger partial charge in [0.2, 0.25) is 0 Å². The first-order valence-corrected chi connectivity index (χ1v) is 13.3. The summed E-state index contributed by atoms with van der Waals surface area (Å²) < 4.78 is 2.49. The zero-order valence-electron chi connectivity index (χ0n) is 21.2. The summed E-state index contributed by atoms with van der Waals surface area (Å²) in [6.45, 7) is 4.72. The van der Waals surface area contributed by atoms with Gasteiger partial charge in [0.1, 0.15) is 0 Å². The molecule has 0 saturated carbocycles. The molecule has 0 atom stereocenters. The smallest absolute Gasteiger partial charge is 0.0582 e. The Bertz CT molecular complexity index is 1860. The van der Waals surface area contributed by atoms with Crippen molar-refractivity contribution in [2.24, 2.45) is 0 Å². The summed E-state index contributed by atoms with van der Waals surface area (Å²) in [4.78, 5) is 2.46. The molecule has 0 saturated heterocycles. The van der Waals surface area contributed by atoms with Crippen LogP contribution in [-0.4, -0.2) is 4.57 Å². The van der Waals surface area contributed by atoms with E-state index in [1.165, 1.54) is 66.8 Å². The summed E-state index contributed by atoms with van der Waals surface area (Å²) in [5, 5.41) is 2.63. The predicted octanol–water partition coefficient (Wildman–Crippen LogP) is 9.19. The maximum absolute atomic E-state index is 2.49. The van der Waals surface area contributed by atoms with E-state index >= 15 is 0 Å². The Morgan fingerprint density at radius 3 is 2.43 bits per heavy atom. The van der Waals surface area contributed by atoms with Gasteiger partial charge in [-0.1, -0.05) is 86.7 Å². The van der Waals surface area contributed by atoms with Gasteiger partial charge in [-0.05, 0) is 71.5 Å². The molecule has 1 aromatic heterocycles. The second-order valence-electron chi connectivity index (χ2n) is 11.0. The summed E-state index contributed by atoms with van der Waals surface area (Å²) in [7, 11) is 0. The predicted molar refractivity (Wildman–Crippen MR) is 156 cm³/mol. The number of hydrogen-bond donors (Lipinski definition) is 0. The van der Waals surface area contributed by atoms with Crippen LogP contribution in [0.3, 0.4) is 0 Å². The van der Waals surface area contributed by atoms with E-state index < -0.39 is 0 Å². The summed E-state index contributed by atoms with van der Waals surface area (Å²) in [5.74, 6) is 0. The highest BCUT2D eigenvalue weighted by atomic mass is 15.2. The molecule has 0 radical (unpaired) electrons. The van der Waals surface area contributed by atoms with Crippen LogP contribution in [0.15, 0.2) is 114 Å². The van der Waals surface area contributed by atoms with Gasteiger partial charge < -0.3 is 9.47 Å². The maximum atomic E-state index is 2.49. The van der Waals surface area contributed by atoms with E-state index in [0.29, 0.717) is 0 Å². The minimum atomic E-state index is -0.0503. The van der Waals surface area contributed by atoms with Crippen LogP contribution in [0, 0.1) is 0 Å². The van der Waals surface area contributed by atoms with E-state index in [9.17, 15) is 0 Å². The van der Waals surface area contributed by atoms with Crippen LogP contribution in [-0.2, 0) is 5.41 Å². The molecule has 178 valence electrons. The fraction of sp³-hybridized carbons (Fsp3) is 0.143. The highest BCUT2D eigenvalue weighted by molar-refractivity contribution is 6.12. The monoisotopic (exact) mass is 476 g/mol. The van der Waals surface area contributed by atoms with Crippen molar-refractivity contribution in [3.63, 3.8) is 0 Å². The molecule has 8 rings (SSSR count). The minimum Gasteiger partial charge on any atom is -0.310 e. The number of hydrogen-bond acceptors (Lipinski definition) is 1. The van der Waals surface area contributed by atoms with Crippen molar-refractivity contribution in [2.45, 2.75) is 32.1 Å². The Labute approximate surface area is 217 Å². The van der Waals surface area contributed by atoms with Crippen LogP contribution in [0.25, 0.3) is 33.6 Å². The lowest BCUT2D eigenvalue weighted by Gasteiger charge is -2.34. The van der Waals surface area contributed by atoms with Crippen molar-refractivity contribution in [3.8, 4) is 5.69 Å². The molecule has 0 fully saturated rings. The molecule has 0 bridgehead atoms. The standard InChI is InChI=1S/C35H28N2/c1-35(2)28-13-5-8-17-33(28)37-32-21-20-25(22-27(32)26-12-9-14-29(35)34(26)37)36-30-15-6-3-10-23(30)18-19-24-11-4-7-16-31(24)36/h3,5-10,12-22H,4,11H2,1-2H3. The van der Waals surface area contributed by atoms with Crippen LogP contribution in [0.1, 0.15) is 43.4 Å². The third kappa shape index (κ3) is 2.76. The molecule has 2 nitrogen and oxygen atoms in total. The number of nitrogens with zero attached hydrogens (tertiary/aromatic N) is 2. The molecule has 4 aromatic carbocycles. The molecular weight excluding hydrogens is 448 g/mol. The second-order valence-corrected chi connectivity index (χ2v) is 11.0. The van der Waals surface area contributed by atoms with Gasteiger partial charge in [-0.15, -0.1) is 0 Å². The molecule has 0 N–H and O–H groups in total. The first-order valence-electron chi connectivity index (χ1n) is 13.3. The lowest BCUT2D eigenvalue weighted by atomic mass is 9.75. The Morgan fingerprint density at radius 1 is 0.703 bits per heavy atom. The fourth-order valence-corrected chi connectivity index (χ4v) is 6.78. The number of fused-ring (bicyclic) bond motifs is 6. The average Bonchev–Trinajstić information content (AvgIpc) is 3.16. The van der Waals surface area contributed by atoms with Gasteiger partial charge in [0.15, 0.2) is 0 Å². The van der Waals surface area contributed by atoms with E-state index in [4.69, 9.17) is 0 Å². The van der Waals surface area contributed by atoms with Crippen molar-refractivity contribution in [1.29, 1.82) is 0 Å². The lowest BCUT2D eigenvalue weighted by Crippen LogP contribution is -2.26. The van der Waals surface area contributed by atoms with Crippen LogP contribution in [0.5, 0.6) is 0 Å². The lowest BCUT2D eigenvalue weighted by molar-refractivity contribution is 0.630. The summed E-state index contributed by atoms with van der Waals surface area (Å²) >= 11 is 0. The molecule has 0 spiro atoms. The maximum Gasteiger partial charge on any atom is 0.0582 e. The van der Waals surface area contributed by atoms with Gasteiger partial charge in [-0.3, -0.25) is 0 Å². The topological polar surface area (TPSA) is 8.17 Å². The van der Waals surface area contributed by atoms with Gasteiger partial charge in [-0.25, -0.2) is 0 Å². The van der Waals surface area contributed by atoms with Gasteiger partial charge in [0.05, 0.1) is 22.4 Å². The Hall–Kier alpha value is -4.30. The number of aromatic nitrogens is 1. The molecule has 0 amide bonds. The molecule has 3 aliphatic rings. The first-order chi connectivity index (χ1) is 18.1. The Balaban J connectivity index is 1.44. The number of para-hydroxylation sites is 3. The van der Waals surface area contributed by atoms with Crippen LogP contribution < -0.4 is 4.90 Å². The molecule has 1 aliphatic carbocycles. The Kier molecular flexibility index (Phi) is 4.15. The molecule has 3 heterocycles. The summed E-state index contributed by atoms with van der Waals surface area (Å²) in [6, 6.07) is 31.6. The number of rotatable bonds is 1. The average molecular weight is 477 g/mol. The van der Waals surface area contributed by atoms with E-state index in [1.54, 1.807) is 0 Å². The van der Waals surface area contributed by atoms with Gasteiger partial charge in [0.25, 0.3) is 0 Å². The molecule has 37 heavy (non-hydrogen) atoms. The fourth-order valence-electron chi connectivity index (χ4n) is 6.78. The SMILES string of the molecule is CC1(C)c2ccccc2-n2c3ccc(N4C5=C(C=Cc6ccccc64)CCC=C5)cc3c3cccc1c32. The quantitative estimate of drug-likeness (QED) is 0.234. The van der Waals surface area contributed by atoms with E-state index in [1.807, 2.05) is 0 Å². The highest BCUT2D eigenvalue weighted by Crippen LogP contribution is 2.48. The third-order valence-electron chi connectivity index (χ3n) is 8.59. The normalized spacial score (nSPS) is 17.1. The van der Waals surface area contributed by atoms with Crippen molar-refractivity contribution in [1.82, 2.24) is 4.57 Å². The van der Waals surface area contributed by atoms with Crippen molar-refractivity contribution < 1.29 is 0 Å². The zero-order chi connectivity index (χ0) is 24.7. The molecule has 2 heteroatoms. The van der Waals surface area contributed by atoms with Crippen molar-refractivity contribution >= 4 is 39.3 Å². The van der Waals surface area contributed by atoms with Crippen LogP contribution in [0.4, 0.5) is 11.4 Å². The molecule has 5 aromatic rings. The number of allylic oxidation sites excluding steroid dienone is 4. The number of benzene rings is 4. The Morgan fingerprint density at radius 2 is 1.51 bits per heavy atom. The van der Waals surface area contributed by atoms with E-state index in [0.717, 1.165) is 12.8 Å². The van der Waals surface area contributed by atoms with Gasteiger partial charge in [-0.2, -0.15) is 0 Å². The zero-order valence-corrected chi connectivity index (χ0v) is 21.2. The third-order valence-corrected chi connectivity index (χ3v) is 8.59. The largest absolute Gasteiger partial charge is 0.310 e. The summed E-state index contributed by atoms with van der Waals surface area (Å²) in [5.41, 5.74) is 13.0. The first kappa shape index (κ1) is 20.8. The van der Waals surface area contributed by atoms with Crippen molar-refractivity contribution in [3.05, 3.63) is 131 Å². The number of anilines is 2. The van der Waals surface area contributed by atoms with E-state index in [2.05, 4.69) is 133 Å². The van der Waals surface area contributed by atoms with E-state index in [-0.39, 0.29) is 5.41 Å². The molecule has 0 unspecified atom stereocenters. The molecular formula is C35H28N2. The van der Waals surface area contributed by atoms with Crippen molar-refractivity contribution in [2.75, 3.05) is 4.90 Å². The van der Waals surface area contributed by atoms with Crippen LogP contribution in [0.2, 0.25) is 0 Å². The van der Waals surface area contributed by atoms with Gasteiger partial charge >= 0.3 is 0 Å². The second kappa shape index (κ2) is 7.36. The van der Waals surface area contributed by atoms with Gasteiger partial charge in [0, 0.05) is 27.6 Å². The van der Waals surface area contributed by atoms with Crippen LogP contribution >= 0.6 is 0 Å². The highest BCUT2D eigenvalue weighted by Gasteiger charge is 2.35. The minimum absolute atomic E-state index is 0.0503. The summed E-state index contributed by atoms with van der Waals surface area (Å²) in [6.07, 6.45) is 11.4. The molecule has 2 aliphatic heterocycles.